The molecule has 0 aliphatic rings. The Bertz CT molecular complexity index is 557. The number of nitriles is 1. The van der Waals surface area contributed by atoms with Crippen molar-refractivity contribution in [1.82, 2.24) is 4.98 Å². The second kappa shape index (κ2) is 5.23. The van der Waals surface area contributed by atoms with E-state index in [0.717, 1.165) is 18.1 Å². The molecule has 2 rings (SSSR count). The van der Waals surface area contributed by atoms with Gasteiger partial charge in [-0.2, -0.15) is 5.26 Å². The Morgan fingerprint density at radius 1 is 1.44 bits per heavy atom. The zero-order valence-corrected chi connectivity index (χ0v) is 10.1. The number of nitrogens with two attached hydrogens (primary N) is 1. The molecule has 0 spiro atoms. The second-order valence-corrected chi connectivity index (χ2v) is 3.81. The Morgan fingerprint density at radius 3 is 2.89 bits per heavy atom. The maximum Gasteiger partial charge on any atom is 0.165 e. The van der Waals surface area contributed by atoms with Gasteiger partial charge < -0.3 is 15.1 Å². The van der Waals surface area contributed by atoms with E-state index in [-0.39, 0.29) is 5.69 Å². The number of nitrogen functional groups attached to an aromatic ring is 1. The van der Waals surface area contributed by atoms with Gasteiger partial charge in [0, 0.05) is 6.54 Å². The number of anilines is 2. The molecule has 2 heterocycles. The number of rotatable bonds is 4. The van der Waals surface area contributed by atoms with Crippen LogP contribution in [0.15, 0.2) is 34.9 Å². The molecule has 18 heavy (non-hydrogen) atoms. The van der Waals surface area contributed by atoms with E-state index in [1.54, 1.807) is 12.3 Å². The van der Waals surface area contributed by atoms with Crippen LogP contribution < -0.4 is 10.6 Å². The Balaban J connectivity index is 2.25. The van der Waals surface area contributed by atoms with Gasteiger partial charge in [0.05, 0.1) is 18.5 Å². The number of aromatic nitrogens is 1. The average Bonchev–Trinajstić information content (AvgIpc) is 2.89. The van der Waals surface area contributed by atoms with E-state index in [4.69, 9.17) is 15.4 Å². The van der Waals surface area contributed by atoms with Gasteiger partial charge in [-0.1, -0.05) is 0 Å². The van der Waals surface area contributed by atoms with Crippen LogP contribution in [0.1, 0.15) is 18.4 Å². The third-order valence-electron chi connectivity index (χ3n) is 2.65. The first-order chi connectivity index (χ1) is 8.74. The summed E-state index contributed by atoms with van der Waals surface area (Å²) in [6.07, 6.45) is 1.64. The molecule has 92 valence electrons. The topological polar surface area (TPSA) is 79.1 Å². The lowest BCUT2D eigenvalue weighted by atomic mass is 10.3. The standard InChI is InChI=1S/C13H14N4O/c1-2-17(9-10-4-3-7-18-10)13-6-5-11(15)12(8-14)16-13/h3-7H,2,9,15H2,1H3. The van der Waals surface area contributed by atoms with E-state index in [1.807, 2.05) is 36.1 Å². The second-order valence-electron chi connectivity index (χ2n) is 3.81. The molecule has 2 N–H and O–H groups in total. The normalized spacial score (nSPS) is 10.0. The summed E-state index contributed by atoms with van der Waals surface area (Å²) in [5.41, 5.74) is 6.31. The molecule has 5 heteroatoms. The summed E-state index contributed by atoms with van der Waals surface area (Å²) in [7, 11) is 0. The van der Waals surface area contributed by atoms with Crippen LogP contribution in [0.4, 0.5) is 11.5 Å². The van der Waals surface area contributed by atoms with Crippen molar-refractivity contribution in [2.45, 2.75) is 13.5 Å². The summed E-state index contributed by atoms with van der Waals surface area (Å²) >= 11 is 0. The first kappa shape index (κ1) is 12.0. The van der Waals surface area contributed by atoms with Crippen molar-refractivity contribution in [3.05, 3.63) is 42.0 Å². The fourth-order valence-corrected chi connectivity index (χ4v) is 1.67. The van der Waals surface area contributed by atoms with Gasteiger partial charge >= 0.3 is 0 Å². The van der Waals surface area contributed by atoms with Crippen LogP contribution in [0.5, 0.6) is 0 Å². The summed E-state index contributed by atoms with van der Waals surface area (Å²) in [4.78, 5) is 6.25. The van der Waals surface area contributed by atoms with Crippen molar-refractivity contribution in [3.8, 4) is 6.07 Å². The average molecular weight is 242 g/mol. The Kier molecular flexibility index (Phi) is 3.49. The highest BCUT2D eigenvalue weighted by atomic mass is 16.3. The van der Waals surface area contributed by atoms with Gasteiger partial charge in [-0.25, -0.2) is 4.98 Å². The highest BCUT2D eigenvalue weighted by Gasteiger charge is 2.10. The molecule has 0 unspecified atom stereocenters. The number of furan rings is 1. The van der Waals surface area contributed by atoms with E-state index in [1.165, 1.54) is 0 Å². The maximum absolute atomic E-state index is 8.92. The van der Waals surface area contributed by atoms with Crippen LogP contribution in [0.3, 0.4) is 0 Å². The summed E-state index contributed by atoms with van der Waals surface area (Å²) < 4.78 is 5.31. The SMILES string of the molecule is CCN(Cc1ccco1)c1ccc(N)c(C#N)n1. The van der Waals surface area contributed by atoms with Gasteiger partial charge in [-0.3, -0.25) is 0 Å². The summed E-state index contributed by atoms with van der Waals surface area (Å²) in [5, 5.41) is 8.92. The van der Waals surface area contributed by atoms with Gasteiger partial charge in [0.25, 0.3) is 0 Å². The van der Waals surface area contributed by atoms with E-state index < -0.39 is 0 Å². The Labute approximate surface area is 105 Å². The summed E-state index contributed by atoms with van der Waals surface area (Å²) in [5.74, 6) is 1.58. The molecular weight excluding hydrogens is 228 g/mol. The number of nitrogens with zero attached hydrogens (tertiary/aromatic N) is 3. The molecule has 0 aliphatic heterocycles. The quantitative estimate of drug-likeness (QED) is 0.888. The molecule has 0 aromatic carbocycles. The molecule has 2 aromatic rings. The molecule has 0 atom stereocenters. The van der Waals surface area contributed by atoms with Crippen molar-refractivity contribution in [1.29, 1.82) is 5.26 Å². The summed E-state index contributed by atoms with van der Waals surface area (Å²) in [6.45, 7) is 3.40. The van der Waals surface area contributed by atoms with Gasteiger partial charge in [0.2, 0.25) is 0 Å². The van der Waals surface area contributed by atoms with E-state index >= 15 is 0 Å². The van der Waals surface area contributed by atoms with Crippen molar-refractivity contribution < 1.29 is 4.42 Å². The molecule has 0 saturated carbocycles. The molecule has 0 fully saturated rings. The van der Waals surface area contributed by atoms with Crippen LogP contribution >= 0.6 is 0 Å². The van der Waals surface area contributed by atoms with Crippen molar-refractivity contribution in [2.75, 3.05) is 17.2 Å². The Morgan fingerprint density at radius 2 is 2.28 bits per heavy atom. The van der Waals surface area contributed by atoms with Crippen molar-refractivity contribution in [3.63, 3.8) is 0 Å². The Hall–Kier alpha value is -2.48. The molecule has 0 bridgehead atoms. The molecule has 0 amide bonds. The maximum atomic E-state index is 8.92. The highest BCUT2D eigenvalue weighted by molar-refractivity contribution is 5.55. The molecule has 0 saturated heterocycles. The zero-order valence-electron chi connectivity index (χ0n) is 10.1. The van der Waals surface area contributed by atoms with Crippen LogP contribution in [0.25, 0.3) is 0 Å². The van der Waals surface area contributed by atoms with Gasteiger partial charge in [0.15, 0.2) is 5.69 Å². The smallest absolute Gasteiger partial charge is 0.165 e. The lowest BCUT2D eigenvalue weighted by molar-refractivity contribution is 0.503. The lowest BCUT2D eigenvalue weighted by Crippen LogP contribution is -2.23. The van der Waals surface area contributed by atoms with Crippen LogP contribution in [0, 0.1) is 11.3 Å². The van der Waals surface area contributed by atoms with Gasteiger partial charge in [-0.15, -0.1) is 0 Å². The number of hydrogen-bond acceptors (Lipinski definition) is 5. The largest absolute Gasteiger partial charge is 0.467 e. The first-order valence-corrected chi connectivity index (χ1v) is 5.68. The molecule has 5 nitrogen and oxygen atoms in total. The van der Waals surface area contributed by atoms with Crippen LogP contribution in [-0.4, -0.2) is 11.5 Å². The molecule has 2 aromatic heterocycles. The number of hydrogen-bond donors (Lipinski definition) is 1. The fourth-order valence-electron chi connectivity index (χ4n) is 1.67. The van der Waals surface area contributed by atoms with Crippen molar-refractivity contribution >= 4 is 11.5 Å². The minimum Gasteiger partial charge on any atom is -0.467 e. The predicted molar refractivity (Wildman–Crippen MR) is 68.8 cm³/mol. The monoisotopic (exact) mass is 242 g/mol. The minimum absolute atomic E-state index is 0.255. The summed E-state index contributed by atoms with van der Waals surface area (Å²) in [6, 6.07) is 9.25. The first-order valence-electron chi connectivity index (χ1n) is 5.68. The van der Waals surface area contributed by atoms with E-state index in [2.05, 4.69) is 4.98 Å². The molecular formula is C13H14N4O. The van der Waals surface area contributed by atoms with Crippen molar-refractivity contribution in [2.24, 2.45) is 0 Å². The van der Waals surface area contributed by atoms with Gasteiger partial charge in [0.1, 0.15) is 17.6 Å². The predicted octanol–water partition coefficient (Wildman–Crippen LogP) is 2.15. The third-order valence-corrected chi connectivity index (χ3v) is 2.65. The van der Waals surface area contributed by atoms with Crippen LogP contribution in [0.2, 0.25) is 0 Å². The number of pyridine rings is 1. The lowest BCUT2D eigenvalue weighted by Gasteiger charge is -2.20. The fraction of sp³-hybridized carbons (Fsp3) is 0.231. The minimum atomic E-state index is 0.255. The zero-order chi connectivity index (χ0) is 13.0. The highest BCUT2D eigenvalue weighted by Crippen LogP contribution is 2.18. The molecule has 0 radical (unpaired) electrons. The molecule has 0 aliphatic carbocycles. The van der Waals surface area contributed by atoms with Crippen LogP contribution in [-0.2, 0) is 6.54 Å². The van der Waals surface area contributed by atoms with E-state index in [0.29, 0.717) is 12.2 Å². The van der Waals surface area contributed by atoms with E-state index in [9.17, 15) is 0 Å². The third kappa shape index (κ3) is 2.43. The van der Waals surface area contributed by atoms with Gasteiger partial charge in [-0.05, 0) is 31.2 Å².